The number of halogens is 4. The summed E-state index contributed by atoms with van der Waals surface area (Å²) in [4.78, 5) is 7.48. The van der Waals surface area contributed by atoms with Crippen LogP contribution in [0.15, 0.2) is 33.9 Å². The molecule has 2 rings (SSSR count). The zero-order valence-corrected chi connectivity index (χ0v) is 14.1. The molecule has 0 fully saturated rings. The van der Waals surface area contributed by atoms with Gasteiger partial charge >= 0.3 is 0 Å². The van der Waals surface area contributed by atoms with Crippen molar-refractivity contribution in [2.45, 2.75) is 4.90 Å². The number of anilines is 1. The Morgan fingerprint density at radius 1 is 1.10 bits per heavy atom. The second kappa shape index (κ2) is 6.03. The predicted octanol–water partition coefficient (Wildman–Crippen LogP) is 4.00. The van der Waals surface area contributed by atoms with Crippen molar-refractivity contribution in [3.63, 3.8) is 0 Å². The lowest BCUT2D eigenvalue weighted by Crippen LogP contribution is -2.14. The smallest absolute Gasteiger partial charge is 0.262 e. The normalized spacial score (nSPS) is 11.4. The second-order valence-corrected chi connectivity index (χ2v) is 7.27. The lowest BCUT2D eigenvalue weighted by molar-refractivity contribution is 0.600. The van der Waals surface area contributed by atoms with Crippen molar-refractivity contribution in [3.05, 3.63) is 44.2 Å². The Hall–Kier alpha value is -0.600. The fraction of sp³-hybridized carbons (Fsp3) is 0. The number of rotatable bonds is 3. The number of hydrogen-bond donors (Lipinski definition) is 1. The largest absolute Gasteiger partial charge is 0.264 e. The minimum Gasteiger partial charge on any atom is -0.262 e. The third kappa shape index (κ3) is 3.53. The molecule has 2 aromatic rings. The van der Waals surface area contributed by atoms with E-state index >= 15 is 0 Å². The van der Waals surface area contributed by atoms with Gasteiger partial charge in [-0.25, -0.2) is 18.4 Å². The van der Waals surface area contributed by atoms with E-state index in [1.165, 1.54) is 18.3 Å². The first-order chi connectivity index (χ1) is 9.29. The van der Waals surface area contributed by atoms with Crippen molar-refractivity contribution in [3.8, 4) is 0 Å². The highest BCUT2D eigenvalue weighted by Gasteiger charge is 2.18. The topological polar surface area (TPSA) is 72.0 Å². The fourth-order valence-electron chi connectivity index (χ4n) is 1.23. The SMILES string of the molecule is O=S(=O)(Nc1ncc(Cl)cc1Cl)c1cnc(Cl)c(Br)c1. The molecule has 5 nitrogen and oxygen atoms in total. The highest BCUT2D eigenvalue weighted by molar-refractivity contribution is 9.10. The van der Waals surface area contributed by atoms with Gasteiger partial charge in [-0.3, -0.25) is 4.72 Å². The van der Waals surface area contributed by atoms with Crippen molar-refractivity contribution in [1.29, 1.82) is 0 Å². The van der Waals surface area contributed by atoms with Crippen LogP contribution >= 0.6 is 50.7 Å². The molecular formula is C10H5BrCl3N3O2S. The molecule has 0 aliphatic carbocycles. The monoisotopic (exact) mass is 415 g/mol. The Labute approximate surface area is 138 Å². The molecule has 106 valence electrons. The molecule has 0 radical (unpaired) electrons. The van der Waals surface area contributed by atoms with Crippen LogP contribution in [0, 0.1) is 0 Å². The second-order valence-electron chi connectivity index (χ2n) is 3.53. The molecule has 0 spiro atoms. The third-order valence-electron chi connectivity index (χ3n) is 2.12. The summed E-state index contributed by atoms with van der Waals surface area (Å²) in [5.74, 6) is -0.0258. The summed E-state index contributed by atoms with van der Waals surface area (Å²) in [6.07, 6.45) is 2.40. The Bertz CT molecular complexity index is 770. The van der Waals surface area contributed by atoms with Crippen molar-refractivity contribution >= 4 is 66.6 Å². The molecule has 0 amide bonds. The average Bonchev–Trinajstić information content (AvgIpc) is 2.36. The third-order valence-corrected chi connectivity index (χ3v) is 5.06. The number of pyridine rings is 2. The molecule has 0 unspecified atom stereocenters. The maximum atomic E-state index is 12.2. The van der Waals surface area contributed by atoms with Crippen LogP contribution < -0.4 is 4.72 Å². The van der Waals surface area contributed by atoms with E-state index in [1.54, 1.807) is 0 Å². The molecule has 2 aromatic heterocycles. The van der Waals surface area contributed by atoms with Crippen LogP contribution in [0.4, 0.5) is 5.82 Å². The van der Waals surface area contributed by atoms with Gasteiger partial charge in [0, 0.05) is 12.4 Å². The molecular weight excluding hydrogens is 412 g/mol. The molecule has 20 heavy (non-hydrogen) atoms. The van der Waals surface area contributed by atoms with Crippen molar-refractivity contribution < 1.29 is 8.42 Å². The molecule has 0 aliphatic heterocycles. The van der Waals surface area contributed by atoms with Gasteiger partial charge in [-0.2, -0.15) is 0 Å². The predicted molar refractivity (Wildman–Crippen MR) is 82.0 cm³/mol. The molecule has 0 saturated heterocycles. The highest BCUT2D eigenvalue weighted by atomic mass is 79.9. The summed E-state index contributed by atoms with van der Waals surface area (Å²) in [5.41, 5.74) is 0. The molecule has 0 aromatic carbocycles. The lowest BCUT2D eigenvalue weighted by Gasteiger charge is -2.09. The van der Waals surface area contributed by atoms with Crippen LogP contribution in [-0.4, -0.2) is 18.4 Å². The van der Waals surface area contributed by atoms with Gasteiger partial charge in [-0.1, -0.05) is 34.8 Å². The van der Waals surface area contributed by atoms with Gasteiger partial charge in [0.15, 0.2) is 5.82 Å². The van der Waals surface area contributed by atoms with Crippen molar-refractivity contribution in [2.75, 3.05) is 4.72 Å². The average molecular weight is 417 g/mol. The zero-order valence-electron chi connectivity index (χ0n) is 9.44. The minimum absolute atomic E-state index is 0.0258. The number of sulfonamides is 1. The van der Waals surface area contributed by atoms with Gasteiger partial charge in [-0.15, -0.1) is 0 Å². The van der Waals surface area contributed by atoms with Gasteiger partial charge in [0.25, 0.3) is 10.0 Å². The number of aromatic nitrogens is 2. The standard InChI is InChI=1S/C10H5BrCl3N3O2S/c11-7-2-6(4-15-9(7)14)20(18,19)17-10-8(13)1-5(12)3-16-10/h1-4H,(H,16,17). The lowest BCUT2D eigenvalue weighted by atomic mass is 10.5. The van der Waals surface area contributed by atoms with Crippen LogP contribution in [0.5, 0.6) is 0 Å². The minimum atomic E-state index is -3.88. The van der Waals surface area contributed by atoms with E-state index < -0.39 is 10.0 Å². The van der Waals surface area contributed by atoms with E-state index in [2.05, 4.69) is 30.6 Å². The van der Waals surface area contributed by atoms with Gasteiger partial charge in [0.05, 0.1) is 14.5 Å². The van der Waals surface area contributed by atoms with Gasteiger partial charge < -0.3 is 0 Å². The van der Waals surface area contributed by atoms with Crippen LogP contribution in [-0.2, 0) is 10.0 Å². The highest BCUT2D eigenvalue weighted by Crippen LogP contribution is 2.27. The van der Waals surface area contributed by atoms with Crippen molar-refractivity contribution in [2.24, 2.45) is 0 Å². The Morgan fingerprint density at radius 2 is 1.80 bits per heavy atom. The zero-order chi connectivity index (χ0) is 14.9. The van der Waals surface area contributed by atoms with E-state index in [4.69, 9.17) is 34.8 Å². The summed E-state index contributed by atoms with van der Waals surface area (Å²) < 4.78 is 26.9. The van der Waals surface area contributed by atoms with Crippen LogP contribution in [0.1, 0.15) is 0 Å². The number of nitrogens with zero attached hydrogens (tertiary/aromatic N) is 2. The van der Waals surface area contributed by atoms with Gasteiger partial charge in [-0.05, 0) is 28.1 Å². The summed E-state index contributed by atoms with van der Waals surface area (Å²) >= 11 is 20.4. The summed E-state index contributed by atoms with van der Waals surface area (Å²) in [7, 11) is -3.88. The number of hydrogen-bond acceptors (Lipinski definition) is 4. The summed E-state index contributed by atoms with van der Waals surface area (Å²) in [6.45, 7) is 0. The first-order valence-corrected chi connectivity index (χ1v) is 8.35. The molecule has 0 atom stereocenters. The van der Waals surface area contributed by atoms with Crippen LogP contribution in [0.2, 0.25) is 15.2 Å². The van der Waals surface area contributed by atoms with E-state index in [0.717, 1.165) is 6.20 Å². The van der Waals surface area contributed by atoms with E-state index in [0.29, 0.717) is 9.50 Å². The maximum Gasteiger partial charge on any atom is 0.264 e. The Kier molecular flexibility index (Phi) is 4.76. The van der Waals surface area contributed by atoms with E-state index in [1.807, 2.05) is 0 Å². The first kappa shape index (κ1) is 15.8. The van der Waals surface area contributed by atoms with Crippen molar-refractivity contribution in [1.82, 2.24) is 9.97 Å². The molecule has 1 N–H and O–H groups in total. The van der Waals surface area contributed by atoms with Gasteiger partial charge in [0.1, 0.15) is 10.0 Å². The molecule has 2 heterocycles. The van der Waals surface area contributed by atoms with Crippen LogP contribution in [0.3, 0.4) is 0 Å². The number of nitrogens with one attached hydrogen (secondary N) is 1. The molecule has 0 aliphatic rings. The molecule has 0 saturated carbocycles. The van der Waals surface area contributed by atoms with E-state index in [9.17, 15) is 8.42 Å². The Balaban J connectivity index is 2.38. The van der Waals surface area contributed by atoms with Gasteiger partial charge in [0.2, 0.25) is 0 Å². The summed E-state index contributed by atoms with van der Waals surface area (Å²) in [5, 5.41) is 0.544. The Morgan fingerprint density at radius 3 is 2.40 bits per heavy atom. The maximum absolute atomic E-state index is 12.2. The van der Waals surface area contributed by atoms with Crippen LogP contribution in [0.25, 0.3) is 0 Å². The molecule has 10 heteroatoms. The first-order valence-electron chi connectivity index (χ1n) is 4.94. The quantitative estimate of drug-likeness (QED) is 0.767. The van der Waals surface area contributed by atoms with E-state index in [-0.39, 0.29) is 20.9 Å². The molecule has 0 bridgehead atoms. The summed E-state index contributed by atoms with van der Waals surface area (Å²) in [6, 6.07) is 2.70. The fourth-order valence-corrected chi connectivity index (χ4v) is 3.31.